The largest absolute Gasteiger partial charge is 0.496 e. The first-order valence-corrected chi connectivity index (χ1v) is 5.64. The molecular weight excluding hydrogens is 234 g/mol. The van der Waals surface area contributed by atoms with E-state index >= 15 is 0 Å². The van der Waals surface area contributed by atoms with Gasteiger partial charge in [-0.25, -0.2) is 0 Å². The van der Waals surface area contributed by atoms with Gasteiger partial charge in [-0.2, -0.15) is 0 Å². The van der Waals surface area contributed by atoms with Crippen LogP contribution < -0.4 is 4.74 Å². The number of rotatable bonds is 5. The molecule has 0 bridgehead atoms. The van der Waals surface area contributed by atoms with Gasteiger partial charge in [-0.05, 0) is 19.1 Å². The van der Waals surface area contributed by atoms with E-state index in [1.54, 1.807) is 38.2 Å². The number of carbonyl (C=O) groups is 2. The van der Waals surface area contributed by atoms with Crippen molar-refractivity contribution in [3.8, 4) is 5.75 Å². The summed E-state index contributed by atoms with van der Waals surface area (Å²) in [5, 5.41) is 0. The minimum atomic E-state index is -0.428. The molecule has 1 rings (SSSR count). The quantitative estimate of drug-likeness (QED) is 0.741. The number of para-hydroxylation sites is 1. The van der Waals surface area contributed by atoms with Gasteiger partial charge in [0, 0.05) is 7.05 Å². The van der Waals surface area contributed by atoms with Crippen LogP contribution in [0.5, 0.6) is 5.75 Å². The molecule has 0 fully saturated rings. The van der Waals surface area contributed by atoms with E-state index in [2.05, 4.69) is 0 Å². The Bertz CT molecular complexity index is 431. The van der Waals surface area contributed by atoms with Gasteiger partial charge in [-0.3, -0.25) is 9.59 Å². The van der Waals surface area contributed by atoms with E-state index in [1.807, 2.05) is 0 Å². The Hall–Kier alpha value is -2.04. The SMILES string of the molecule is CCOC(=O)CN(C)C(=O)c1ccccc1OC. The summed E-state index contributed by atoms with van der Waals surface area (Å²) >= 11 is 0. The zero-order valence-corrected chi connectivity index (χ0v) is 10.8. The Morgan fingerprint density at radius 1 is 1.28 bits per heavy atom. The summed E-state index contributed by atoms with van der Waals surface area (Å²) in [5.74, 6) is -0.220. The molecule has 0 radical (unpaired) electrons. The summed E-state index contributed by atoms with van der Waals surface area (Å²) in [5.41, 5.74) is 0.423. The van der Waals surface area contributed by atoms with Gasteiger partial charge >= 0.3 is 5.97 Å². The molecule has 0 unspecified atom stereocenters. The third kappa shape index (κ3) is 3.48. The Morgan fingerprint density at radius 3 is 2.56 bits per heavy atom. The average molecular weight is 251 g/mol. The van der Waals surface area contributed by atoms with Gasteiger partial charge in [-0.1, -0.05) is 12.1 Å². The topological polar surface area (TPSA) is 55.8 Å². The molecule has 0 aliphatic heterocycles. The second-order valence-electron chi connectivity index (χ2n) is 3.67. The van der Waals surface area contributed by atoms with Crippen molar-refractivity contribution in [1.82, 2.24) is 4.90 Å². The Morgan fingerprint density at radius 2 is 1.94 bits per heavy atom. The van der Waals surface area contributed by atoms with Gasteiger partial charge in [0.15, 0.2) is 0 Å². The number of carbonyl (C=O) groups excluding carboxylic acids is 2. The van der Waals surface area contributed by atoms with Crippen molar-refractivity contribution >= 4 is 11.9 Å². The van der Waals surface area contributed by atoms with Crippen LogP contribution in [0, 0.1) is 0 Å². The summed E-state index contributed by atoms with van der Waals surface area (Å²) in [7, 11) is 3.04. The fourth-order valence-electron chi connectivity index (χ4n) is 1.50. The highest BCUT2D eigenvalue weighted by molar-refractivity contribution is 5.98. The second-order valence-corrected chi connectivity index (χ2v) is 3.67. The number of esters is 1. The lowest BCUT2D eigenvalue weighted by atomic mass is 10.2. The highest BCUT2D eigenvalue weighted by atomic mass is 16.5. The zero-order chi connectivity index (χ0) is 13.5. The molecular formula is C13H17NO4. The van der Waals surface area contributed by atoms with Gasteiger partial charge in [0.05, 0.1) is 19.3 Å². The first-order valence-electron chi connectivity index (χ1n) is 5.64. The number of benzene rings is 1. The molecule has 1 aromatic rings. The number of likely N-dealkylation sites (N-methyl/N-ethyl adjacent to an activating group) is 1. The van der Waals surface area contributed by atoms with E-state index in [-0.39, 0.29) is 12.5 Å². The fraction of sp³-hybridized carbons (Fsp3) is 0.385. The van der Waals surface area contributed by atoms with Crippen LogP contribution >= 0.6 is 0 Å². The van der Waals surface area contributed by atoms with Crippen molar-refractivity contribution in [3.63, 3.8) is 0 Å². The molecule has 18 heavy (non-hydrogen) atoms. The van der Waals surface area contributed by atoms with Gasteiger partial charge < -0.3 is 14.4 Å². The lowest BCUT2D eigenvalue weighted by molar-refractivity contribution is -0.143. The Labute approximate surface area is 106 Å². The smallest absolute Gasteiger partial charge is 0.325 e. The molecule has 5 nitrogen and oxygen atoms in total. The molecule has 0 spiro atoms. The molecule has 1 aromatic carbocycles. The number of amides is 1. The van der Waals surface area contributed by atoms with Crippen LogP contribution in [-0.4, -0.2) is 44.1 Å². The third-order valence-corrected chi connectivity index (χ3v) is 2.36. The lowest BCUT2D eigenvalue weighted by Crippen LogP contribution is -2.33. The van der Waals surface area contributed by atoms with Crippen molar-refractivity contribution in [3.05, 3.63) is 29.8 Å². The molecule has 0 N–H and O–H groups in total. The second kappa shape index (κ2) is 6.64. The highest BCUT2D eigenvalue weighted by Crippen LogP contribution is 2.18. The Kier molecular flexibility index (Phi) is 5.17. The third-order valence-electron chi connectivity index (χ3n) is 2.36. The van der Waals surface area contributed by atoms with Crippen molar-refractivity contribution in [2.24, 2.45) is 0 Å². The summed E-state index contributed by atoms with van der Waals surface area (Å²) in [6.07, 6.45) is 0. The number of hydrogen-bond donors (Lipinski definition) is 0. The van der Waals surface area contributed by atoms with Gasteiger partial charge in [0.1, 0.15) is 12.3 Å². The van der Waals surface area contributed by atoms with Crippen LogP contribution in [0.25, 0.3) is 0 Å². The molecule has 0 saturated carbocycles. The fourth-order valence-corrected chi connectivity index (χ4v) is 1.50. The maximum atomic E-state index is 12.1. The summed E-state index contributed by atoms with van der Waals surface area (Å²) in [6.45, 7) is 1.94. The minimum Gasteiger partial charge on any atom is -0.496 e. The van der Waals surface area contributed by atoms with Crippen LogP contribution in [0.1, 0.15) is 17.3 Å². The van der Waals surface area contributed by atoms with E-state index in [0.29, 0.717) is 17.9 Å². The molecule has 5 heteroatoms. The predicted molar refractivity (Wildman–Crippen MR) is 66.6 cm³/mol. The summed E-state index contributed by atoms with van der Waals surface area (Å²) in [6, 6.07) is 6.88. The highest BCUT2D eigenvalue weighted by Gasteiger charge is 2.18. The lowest BCUT2D eigenvalue weighted by Gasteiger charge is -2.17. The molecule has 0 saturated heterocycles. The molecule has 1 amide bonds. The molecule has 0 heterocycles. The number of hydrogen-bond acceptors (Lipinski definition) is 4. The van der Waals surface area contributed by atoms with Crippen LogP contribution in [-0.2, 0) is 9.53 Å². The molecule has 0 aliphatic carbocycles. The molecule has 98 valence electrons. The normalized spacial score (nSPS) is 9.72. The monoisotopic (exact) mass is 251 g/mol. The van der Waals surface area contributed by atoms with E-state index in [9.17, 15) is 9.59 Å². The zero-order valence-electron chi connectivity index (χ0n) is 10.8. The Balaban J connectivity index is 2.77. The number of nitrogens with zero attached hydrogens (tertiary/aromatic N) is 1. The van der Waals surface area contributed by atoms with Gasteiger partial charge in [0.25, 0.3) is 5.91 Å². The van der Waals surface area contributed by atoms with E-state index in [4.69, 9.17) is 9.47 Å². The van der Waals surface area contributed by atoms with Crippen molar-refractivity contribution < 1.29 is 19.1 Å². The minimum absolute atomic E-state index is 0.0786. The summed E-state index contributed by atoms with van der Waals surface area (Å²) < 4.78 is 9.90. The summed E-state index contributed by atoms with van der Waals surface area (Å²) in [4.78, 5) is 24.7. The molecule has 0 aliphatic rings. The van der Waals surface area contributed by atoms with E-state index in [1.165, 1.54) is 12.0 Å². The van der Waals surface area contributed by atoms with E-state index < -0.39 is 5.97 Å². The van der Waals surface area contributed by atoms with Crippen LogP contribution in [0.2, 0.25) is 0 Å². The predicted octanol–water partition coefficient (Wildman–Crippen LogP) is 1.33. The maximum absolute atomic E-state index is 12.1. The molecule has 0 atom stereocenters. The van der Waals surface area contributed by atoms with E-state index in [0.717, 1.165) is 0 Å². The first kappa shape index (κ1) is 14.0. The van der Waals surface area contributed by atoms with Gasteiger partial charge in [0.2, 0.25) is 0 Å². The number of ether oxygens (including phenoxy) is 2. The standard InChI is InChI=1S/C13H17NO4/c1-4-18-12(15)9-14(2)13(16)10-7-5-6-8-11(10)17-3/h5-8H,4,9H2,1-3H3. The van der Waals surface area contributed by atoms with Crippen LogP contribution in [0.15, 0.2) is 24.3 Å². The average Bonchev–Trinajstić information content (AvgIpc) is 2.38. The number of methoxy groups -OCH3 is 1. The maximum Gasteiger partial charge on any atom is 0.325 e. The van der Waals surface area contributed by atoms with Crippen molar-refractivity contribution in [1.29, 1.82) is 0 Å². The van der Waals surface area contributed by atoms with Crippen molar-refractivity contribution in [2.75, 3.05) is 27.3 Å². The molecule has 0 aromatic heterocycles. The van der Waals surface area contributed by atoms with Gasteiger partial charge in [-0.15, -0.1) is 0 Å². The van der Waals surface area contributed by atoms with Crippen LogP contribution in [0.3, 0.4) is 0 Å². The van der Waals surface area contributed by atoms with Crippen LogP contribution in [0.4, 0.5) is 0 Å². The van der Waals surface area contributed by atoms with Crippen molar-refractivity contribution in [2.45, 2.75) is 6.92 Å². The first-order chi connectivity index (χ1) is 8.60.